The normalized spacial score (nSPS) is 10.8. The van der Waals surface area contributed by atoms with Crippen LogP contribution in [0.15, 0.2) is 22.9 Å². The summed E-state index contributed by atoms with van der Waals surface area (Å²) in [5.41, 5.74) is 0. The number of fused-ring (bicyclic) bond motifs is 1. The molecule has 0 saturated heterocycles. The van der Waals surface area contributed by atoms with Gasteiger partial charge in [-0.1, -0.05) is 11.8 Å². The first-order valence-electron chi connectivity index (χ1n) is 3.80. The van der Waals surface area contributed by atoms with Crippen molar-refractivity contribution in [1.82, 2.24) is 9.38 Å². The molecule has 0 aliphatic heterocycles. The number of carbonyl (C=O) groups is 1. The minimum atomic E-state index is 0.178. The molecule has 2 rings (SSSR count). The molecule has 0 aliphatic carbocycles. The third kappa shape index (κ3) is 1.76. The number of carbonyl (C=O) groups excluding carboxylic acids is 1. The van der Waals surface area contributed by atoms with Crippen LogP contribution in [0.5, 0.6) is 0 Å². The van der Waals surface area contributed by atoms with Crippen LogP contribution in [0, 0.1) is 0 Å². The van der Waals surface area contributed by atoms with E-state index in [1.165, 1.54) is 11.8 Å². The van der Waals surface area contributed by atoms with Gasteiger partial charge in [-0.05, 0) is 6.92 Å². The number of aromatic nitrogens is 2. The average Bonchev–Trinajstić information content (AvgIpc) is 2.60. The van der Waals surface area contributed by atoms with E-state index in [-0.39, 0.29) is 5.78 Å². The summed E-state index contributed by atoms with van der Waals surface area (Å²) < 4.78 is 2.00. The van der Waals surface area contributed by atoms with Crippen LogP contribution in [0.4, 0.5) is 0 Å². The lowest BCUT2D eigenvalue weighted by Gasteiger charge is -1.94. The third-order valence-electron chi connectivity index (χ3n) is 1.53. The van der Waals surface area contributed by atoms with E-state index in [2.05, 4.69) is 4.98 Å². The van der Waals surface area contributed by atoms with Crippen molar-refractivity contribution in [3.63, 3.8) is 0 Å². The molecule has 13 heavy (non-hydrogen) atoms. The molecule has 2 aromatic heterocycles. The lowest BCUT2D eigenvalue weighted by atomic mass is 10.5. The summed E-state index contributed by atoms with van der Waals surface area (Å²) in [7, 11) is 0. The van der Waals surface area contributed by atoms with Crippen LogP contribution in [0.2, 0.25) is 0 Å². The van der Waals surface area contributed by atoms with Gasteiger partial charge >= 0.3 is 0 Å². The zero-order valence-electron chi connectivity index (χ0n) is 7.06. The number of rotatable bonds is 3. The maximum Gasteiger partial charge on any atom is 0.173 e. The number of nitrogens with zero attached hydrogens (tertiary/aromatic N) is 2. The van der Waals surface area contributed by atoms with Gasteiger partial charge in [-0.2, -0.15) is 0 Å². The third-order valence-corrected chi connectivity index (χ3v) is 3.44. The van der Waals surface area contributed by atoms with Crippen molar-refractivity contribution < 1.29 is 4.79 Å². The summed E-state index contributed by atoms with van der Waals surface area (Å²) in [6.45, 7) is 1.59. The summed E-state index contributed by atoms with van der Waals surface area (Å²) in [5, 5.41) is 2.90. The monoisotopic (exact) mass is 212 g/mol. The molecular weight excluding hydrogens is 204 g/mol. The van der Waals surface area contributed by atoms with E-state index < -0.39 is 0 Å². The van der Waals surface area contributed by atoms with Gasteiger partial charge in [0.1, 0.15) is 10.6 Å². The van der Waals surface area contributed by atoms with Crippen LogP contribution in [0.3, 0.4) is 0 Å². The van der Waals surface area contributed by atoms with Gasteiger partial charge in [-0.15, -0.1) is 11.3 Å². The number of hydrogen-bond acceptors (Lipinski definition) is 4. The molecule has 3 nitrogen and oxygen atoms in total. The van der Waals surface area contributed by atoms with Crippen molar-refractivity contribution in [2.75, 3.05) is 5.75 Å². The SMILES string of the molecule is CC(=O)CSc1ncc2sccn12. The van der Waals surface area contributed by atoms with Gasteiger partial charge in [-0.25, -0.2) is 4.98 Å². The summed E-state index contributed by atoms with van der Waals surface area (Å²) in [4.78, 5) is 16.1. The average molecular weight is 212 g/mol. The van der Waals surface area contributed by atoms with E-state index in [4.69, 9.17) is 0 Å². The van der Waals surface area contributed by atoms with Gasteiger partial charge in [0.05, 0.1) is 11.9 Å². The topological polar surface area (TPSA) is 34.4 Å². The minimum Gasteiger partial charge on any atom is -0.299 e. The first-order chi connectivity index (χ1) is 6.27. The molecule has 0 unspecified atom stereocenters. The van der Waals surface area contributed by atoms with Crippen molar-refractivity contribution in [2.24, 2.45) is 0 Å². The Morgan fingerprint density at radius 3 is 3.38 bits per heavy atom. The number of hydrogen-bond donors (Lipinski definition) is 0. The summed E-state index contributed by atoms with van der Waals surface area (Å²) in [6.07, 6.45) is 3.79. The lowest BCUT2D eigenvalue weighted by molar-refractivity contribution is -0.114. The van der Waals surface area contributed by atoms with Crippen molar-refractivity contribution in [3.8, 4) is 0 Å². The Bertz CT molecular complexity index is 432. The Morgan fingerprint density at radius 2 is 2.62 bits per heavy atom. The van der Waals surface area contributed by atoms with E-state index >= 15 is 0 Å². The summed E-state index contributed by atoms with van der Waals surface area (Å²) >= 11 is 3.12. The number of thiazole rings is 1. The van der Waals surface area contributed by atoms with Gasteiger partial charge in [0.25, 0.3) is 0 Å². The highest BCUT2D eigenvalue weighted by Crippen LogP contribution is 2.21. The Balaban J connectivity index is 2.23. The van der Waals surface area contributed by atoms with Crippen LogP contribution in [0.1, 0.15) is 6.92 Å². The molecule has 0 fully saturated rings. The smallest absolute Gasteiger partial charge is 0.173 e. The zero-order chi connectivity index (χ0) is 9.26. The van der Waals surface area contributed by atoms with Crippen molar-refractivity contribution in [2.45, 2.75) is 12.1 Å². The quantitative estimate of drug-likeness (QED) is 0.730. The molecule has 0 aromatic carbocycles. The number of ketones is 1. The largest absolute Gasteiger partial charge is 0.299 e. The number of thioether (sulfide) groups is 1. The molecule has 0 bridgehead atoms. The highest BCUT2D eigenvalue weighted by molar-refractivity contribution is 7.99. The van der Waals surface area contributed by atoms with Crippen LogP contribution in [0.25, 0.3) is 4.83 Å². The predicted molar refractivity (Wildman–Crippen MR) is 54.5 cm³/mol. The molecule has 2 aromatic rings. The van der Waals surface area contributed by atoms with Gasteiger partial charge in [0, 0.05) is 11.6 Å². The number of imidazole rings is 1. The number of Topliss-reactive ketones (excluding diaryl/α,β-unsaturated/α-hetero) is 1. The maximum atomic E-state index is 10.8. The van der Waals surface area contributed by atoms with E-state index in [1.807, 2.05) is 22.2 Å². The van der Waals surface area contributed by atoms with Crippen LogP contribution >= 0.6 is 23.1 Å². The standard InChI is InChI=1S/C8H8N2OS2/c1-6(11)5-13-8-9-4-7-10(8)2-3-12-7/h2-4H,5H2,1H3. The molecule has 0 saturated carbocycles. The molecule has 0 radical (unpaired) electrons. The van der Waals surface area contributed by atoms with E-state index in [0.717, 1.165) is 9.99 Å². The Kier molecular flexibility index (Phi) is 2.37. The summed E-state index contributed by atoms with van der Waals surface area (Å²) in [5.74, 6) is 0.673. The van der Waals surface area contributed by atoms with Crippen molar-refractivity contribution in [3.05, 3.63) is 17.8 Å². The fraction of sp³-hybridized carbons (Fsp3) is 0.250. The first kappa shape index (κ1) is 8.77. The van der Waals surface area contributed by atoms with Gasteiger partial charge in [0.15, 0.2) is 5.16 Å². The fourth-order valence-electron chi connectivity index (χ4n) is 0.988. The van der Waals surface area contributed by atoms with Crippen LogP contribution in [-0.4, -0.2) is 20.9 Å². The first-order valence-corrected chi connectivity index (χ1v) is 5.66. The molecule has 0 N–H and O–H groups in total. The fourth-order valence-corrected chi connectivity index (χ4v) is 2.50. The molecule has 0 atom stereocenters. The second-order valence-electron chi connectivity index (χ2n) is 2.64. The maximum absolute atomic E-state index is 10.8. The molecule has 5 heteroatoms. The highest BCUT2D eigenvalue weighted by atomic mass is 32.2. The van der Waals surface area contributed by atoms with Gasteiger partial charge in [-0.3, -0.25) is 9.20 Å². The Morgan fingerprint density at radius 1 is 1.77 bits per heavy atom. The van der Waals surface area contributed by atoms with Crippen LogP contribution in [-0.2, 0) is 4.79 Å². The predicted octanol–water partition coefficient (Wildman–Crippen LogP) is 2.08. The molecule has 2 heterocycles. The van der Waals surface area contributed by atoms with Gasteiger partial charge in [0.2, 0.25) is 0 Å². The second-order valence-corrected chi connectivity index (χ2v) is 4.51. The molecular formula is C8H8N2OS2. The Hall–Kier alpha value is -0.810. The zero-order valence-corrected chi connectivity index (χ0v) is 8.69. The van der Waals surface area contributed by atoms with Crippen molar-refractivity contribution in [1.29, 1.82) is 0 Å². The minimum absolute atomic E-state index is 0.178. The van der Waals surface area contributed by atoms with Crippen LogP contribution < -0.4 is 0 Å². The lowest BCUT2D eigenvalue weighted by Crippen LogP contribution is -1.94. The molecule has 0 amide bonds. The molecule has 68 valence electrons. The van der Waals surface area contributed by atoms with Gasteiger partial charge < -0.3 is 0 Å². The molecule has 0 aliphatic rings. The Labute approximate surface area is 83.8 Å². The van der Waals surface area contributed by atoms with E-state index in [0.29, 0.717) is 5.75 Å². The summed E-state index contributed by atoms with van der Waals surface area (Å²) in [6, 6.07) is 0. The molecule has 0 spiro atoms. The highest BCUT2D eigenvalue weighted by Gasteiger charge is 2.05. The van der Waals surface area contributed by atoms with E-state index in [1.54, 1.807) is 18.3 Å². The second kappa shape index (κ2) is 3.51. The van der Waals surface area contributed by atoms with Crippen molar-refractivity contribution >= 4 is 33.7 Å². The van der Waals surface area contributed by atoms with E-state index in [9.17, 15) is 4.79 Å².